The van der Waals surface area contributed by atoms with Crippen LogP contribution in [0.2, 0.25) is 0 Å². The topological polar surface area (TPSA) is 38.5 Å². The van der Waals surface area contributed by atoms with E-state index in [1.165, 1.54) is 11.3 Å². The maximum absolute atomic E-state index is 5.96. The second-order valence-electron chi connectivity index (χ2n) is 4.09. The summed E-state index contributed by atoms with van der Waals surface area (Å²) in [6.45, 7) is 6.62. The van der Waals surface area contributed by atoms with Crippen molar-refractivity contribution in [3.63, 3.8) is 0 Å². The maximum atomic E-state index is 5.96. The first-order chi connectivity index (χ1) is 7.67. The van der Waals surface area contributed by atoms with Crippen molar-refractivity contribution in [3.8, 4) is 0 Å². The molecule has 0 saturated carbocycles. The Morgan fingerprint density at radius 3 is 2.44 bits per heavy atom. The van der Waals surface area contributed by atoms with Crippen molar-refractivity contribution in [3.05, 3.63) is 29.8 Å². The molecule has 0 heterocycles. The molecule has 3 heteroatoms. The van der Waals surface area contributed by atoms with Crippen LogP contribution in [-0.2, 0) is 4.74 Å². The molecule has 1 unspecified atom stereocenters. The lowest BCUT2D eigenvalue weighted by Gasteiger charge is -2.26. The second kappa shape index (κ2) is 6.51. The fraction of sp³-hybridized carbons (Fsp3) is 0.538. The van der Waals surface area contributed by atoms with Gasteiger partial charge in [0.15, 0.2) is 0 Å². The van der Waals surface area contributed by atoms with Crippen LogP contribution in [-0.4, -0.2) is 32.8 Å². The third kappa shape index (κ3) is 3.83. The molecule has 16 heavy (non-hydrogen) atoms. The van der Waals surface area contributed by atoms with Crippen LogP contribution < -0.4 is 10.6 Å². The first-order valence-corrected chi connectivity index (χ1v) is 5.73. The van der Waals surface area contributed by atoms with Gasteiger partial charge in [0.2, 0.25) is 0 Å². The predicted molar refractivity (Wildman–Crippen MR) is 68.9 cm³/mol. The van der Waals surface area contributed by atoms with Crippen LogP contribution in [0.5, 0.6) is 0 Å². The Hall–Kier alpha value is -1.06. The smallest absolute Gasteiger partial charge is 0.0631 e. The molecule has 2 N–H and O–H groups in total. The van der Waals surface area contributed by atoms with Crippen LogP contribution in [0.4, 0.5) is 5.69 Å². The van der Waals surface area contributed by atoms with Gasteiger partial charge < -0.3 is 15.4 Å². The van der Waals surface area contributed by atoms with Crippen LogP contribution in [0, 0.1) is 6.92 Å². The van der Waals surface area contributed by atoms with Gasteiger partial charge in [0, 0.05) is 31.9 Å². The van der Waals surface area contributed by atoms with Crippen LogP contribution in [0.15, 0.2) is 24.3 Å². The molecule has 0 bridgehead atoms. The standard InChI is InChI=1S/C13H22N2O/c1-4-15(9-12(14)10-16-3)13-7-5-11(2)6-8-13/h5-8,12H,4,9-10,14H2,1-3H3. The van der Waals surface area contributed by atoms with Gasteiger partial charge in [-0.3, -0.25) is 0 Å². The number of nitrogens with zero attached hydrogens (tertiary/aromatic N) is 1. The van der Waals surface area contributed by atoms with Gasteiger partial charge >= 0.3 is 0 Å². The third-order valence-corrected chi connectivity index (χ3v) is 2.62. The van der Waals surface area contributed by atoms with E-state index < -0.39 is 0 Å². The number of rotatable bonds is 6. The van der Waals surface area contributed by atoms with Gasteiger partial charge in [-0.15, -0.1) is 0 Å². The van der Waals surface area contributed by atoms with Gasteiger partial charge in [0.1, 0.15) is 0 Å². The van der Waals surface area contributed by atoms with Crippen molar-refractivity contribution in [2.45, 2.75) is 19.9 Å². The number of aryl methyl sites for hydroxylation is 1. The minimum Gasteiger partial charge on any atom is -0.383 e. The van der Waals surface area contributed by atoms with E-state index >= 15 is 0 Å². The minimum absolute atomic E-state index is 0.0613. The first kappa shape index (κ1) is 13.0. The summed E-state index contributed by atoms with van der Waals surface area (Å²) in [5, 5.41) is 0. The molecule has 0 aliphatic carbocycles. The van der Waals surface area contributed by atoms with Crippen molar-refractivity contribution in [2.75, 3.05) is 31.7 Å². The van der Waals surface area contributed by atoms with E-state index in [0.717, 1.165) is 13.1 Å². The van der Waals surface area contributed by atoms with Crippen molar-refractivity contribution >= 4 is 5.69 Å². The van der Waals surface area contributed by atoms with Crippen LogP contribution in [0.25, 0.3) is 0 Å². The zero-order chi connectivity index (χ0) is 12.0. The third-order valence-electron chi connectivity index (χ3n) is 2.62. The Morgan fingerprint density at radius 1 is 1.31 bits per heavy atom. The SMILES string of the molecule is CCN(CC(N)COC)c1ccc(C)cc1. The van der Waals surface area contributed by atoms with E-state index in [4.69, 9.17) is 10.5 Å². The lowest BCUT2D eigenvalue weighted by molar-refractivity contribution is 0.181. The van der Waals surface area contributed by atoms with Gasteiger partial charge in [-0.1, -0.05) is 17.7 Å². The van der Waals surface area contributed by atoms with Gasteiger partial charge in [-0.2, -0.15) is 0 Å². The van der Waals surface area contributed by atoms with Gasteiger partial charge in [0.25, 0.3) is 0 Å². The van der Waals surface area contributed by atoms with E-state index in [2.05, 4.69) is 43.0 Å². The second-order valence-corrected chi connectivity index (χ2v) is 4.09. The zero-order valence-corrected chi connectivity index (χ0v) is 10.4. The molecule has 0 aliphatic rings. The highest BCUT2D eigenvalue weighted by molar-refractivity contribution is 5.47. The van der Waals surface area contributed by atoms with Crippen LogP contribution in [0.1, 0.15) is 12.5 Å². The molecular weight excluding hydrogens is 200 g/mol. The Bertz CT molecular complexity index is 297. The Balaban J connectivity index is 2.63. The fourth-order valence-electron chi connectivity index (χ4n) is 1.72. The highest BCUT2D eigenvalue weighted by atomic mass is 16.5. The predicted octanol–water partition coefficient (Wildman–Crippen LogP) is 1.80. The first-order valence-electron chi connectivity index (χ1n) is 5.73. The summed E-state index contributed by atoms with van der Waals surface area (Å²) in [5.41, 5.74) is 8.46. The lowest BCUT2D eigenvalue weighted by Crippen LogP contribution is -2.40. The Labute approximate surface area is 98.2 Å². The van der Waals surface area contributed by atoms with Crippen LogP contribution >= 0.6 is 0 Å². The minimum atomic E-state index is 0.0613. The van der Waals surface area contributed by atoms with E-state index in [1.807, 2.05) is 0 Å². The normalized spacial score (nSPS) is 12.5. The molecule has 0 spiro atoms. The van der Waals surface area contributed by atoms with Crippen molar-refractivity contribution in [1.29, 1.82) is 0 Å². The largest absolute Gasteiger partial charge is 0.383 e. The number of methoxy groups -OCH3 is 1. The quantitative estimate of drug-likeness (QED) is 0.797. The van der Waals surface area contributed by atoms with E-state index in [1.54, 1.807) is 7.11 Å². The molecular formula is C13H22N2O. The van der Waals surface area contributed by atoms with Gasteiger partial charge in [-0.25, -0.2) is 0 Å². The van der Waals surface area contributed by atoms with E-state index in [9.17, 15) is 0 Å². The molecule has 90 valence electrons. The molecule has 0 fully saturated rings. The molecule has 1 aromatic rings. The average molecular weight is 222 g/mol. The number of benzene rings is 1. The number of anilines is 1. The van der Waals surface area contributed by atoms with Gasteiger partial charge in [0.05, 0.1) is 6.61 Å². The summed E-state index contributed by atoms with van der Waals surface area (Å²) in [6.07, 6.45) is 0. The zero-order valence-electron chi connectivity index (χ0n) is 10.4. The summed E-state index contributed by atoms with van der Waals surface area (Å²) in [7, 11) is 1.68. The van der Waals surface area contributed by atoms with Crippen molar-refractivity contribution < 1.29 is 4.74 Å². The summed E-state index contributed by atoms with van der Waals surface area (Å²) < 4.78 is 5.05. The molecule has 1 rings (SSSR count). The maximum Gasteiger partial charge on any atom is 0.0631 e. The van der Waals surface area contributed by atoms with E-state index in [0.29, 0.717) is 6.61 Å². The highest BCUT2D eigenvalue weighted by Gasteiger charge is 2.09. The Kier molecular flexibility index (Phi) is 5.29. The summed E-state index contributed by atoms with van der Waals surface area (Å²) in [6, 6.07) is 8.59. The molecule has 0 radical (unpaired) electrons. The molecule has 0 amide bonds. The molecule has 3 nitrogen and oxygen atoms in total. The fourth-order valence-corrected chi connectivity index (χ4v) is 1.72. The Morgan fingerprint density at radius 2 is 1.94 bits per heavy atom. The number of ether oxygens (including phenoxy) is 1. The number of hydrogen-bond acceptors (Lipinski definition) is 3. The molecule has 0 aliphatic heterocycles. The molecule has 0 saturated heterocycles. The van der Waals surface area contributed by atoms with Crippen LogP contribution in [0.3, 0.4) is 0 Å². The number of nitrogens with two attached hydrogens (primary N) is 1. The van der Waals surface area contributed by atoms with Crippen molar-refractivity contribution in [1.82, 2.24) is 0 Å². The average Bonchev–Trinajstić information content (AvgIpc) is 2.27. The number of likely N-dealkylation sites (N-methyl/N-ethyl adjacent to an activating group) is 1. The summed E-state index contributed by atoms with van der Waals surface area (Å²) >= 11 is 0. The van der Waals surface area contributed by atoms with E-state index in [-0.39, 0.29) is 6.04 Å². The highest BCUT2D eigenvalue weighted by Crippen LogP contribution is 2.14. The molecule has 0 aromatic heterocycles. The summed E-state index contributed by atoms with van der Waals surface area (Å²) in [4.78, 5) is 2.27. The monoisotopic (exact) mass is 222 g/mol. The van der Waals surface area contributed by atoms with Crippen molar-refractivity contribution in [2.24, 2.45) is 5.73 Å². The lowest BCUT2D eigenvalue weighted by atomic mass is 10.2. The summed E-state index contributed by atoms with van der Waals surface area (Å²) in [5.74, 6) is 0. The number of hydrogen-bond donors (Lipinski definition) is 1. The molecule has 1 atom stereocenters. The molecule has 1 aromatic carbocycles. The van der Waals surface area contributed by atoms with Gasteiger partial charge in [-0.05, 0) is 26.0 Å².